The summed E-state index contributed by atoms with van der Waals surface area (Å²) in [5, 5.41) is -0.378. The molecule has 10 heteroatoms. The molecule has 4 rings (SSSR count). The van der Waals surface area contributed by atoms with Gasteiger partial charge >= 0.3 is 0 Å². The minimum atomic E-state index is -4.29. The lowest BCUT2D eigenvalue weighted by molar-refractivity contribution is 0.0978. The van der Waals surface area contributed by atoms with Gasteiger partial charge in [0.2, 0.25) is 5.88 Å². The first kappa shape index (κ1) is 23.8. The molecule has 0 atom stereocenters. The lowest BCUT2D eigenvalue weighted by Crippen LogP contribution is -2.31. The maximum Gasteiger partial charge on any atom is 0.281 e. The lowest BCUT2D eigenvalue weighted by Gasteiger charge is -2.16. The maximum atomic E-state index is 13.1. The molecule has 9 nitrogen and oxygen atoms in total. The first-order valence-electron chi connectivity index (χ1n) is 10.6. The standard InChI is InChI=1S/C25H23N5O4S/c1-15-13-16(2)23(17(3)14-15)34-25-18(10-11-20(28-25)19-7-4-5-12-27-19)24(31)30-35(32,33)22-9-6-8-21(26)29-22/h4-14H,1-3H3,(H2,26,29)(H,30,31). The second-order valence-electron chi connectivity index (χ2n) is 7.93. The van der Waals surface area contributed by atoms with Gasteiger partial charge in [-0.05, 0) is 68.3 Å². The highest BCUT2D eigenvalue weighted by molar-refractivity contribution is 7.90. The van der Waals surface area contributed by atoms with Crippen LogP contribution in [0.2, 0.25) is 0 Å². The molecule has 3 heterocycles. The van der Waals surface area contributed by atoms with Crippen molar-refractivity contribution in [3.8, 4) is 23.0 Å². The number of pyridine rings is 3. The summed E-state index contributed by atoms with van der Waals surface area (Å²) in [7, 11) is -4.29. The Morgan fingerprint density at radius 1 is 0.914 bits per heavy atom. The second kappa shape index (κ2) is 9.51. The molecule has 3 N–H and O–H groups in total. The summed E-state index contributed by atoms with van der Waals surface area (Å²) in [5.74, 6) is -0.449. The highest BCUT2D eigenvalue weighted by Gasteiger charge is 2.25. The van der Waals surface area contributed by atoms with Crippen molar-refractivity contribution in [2.45, 2.75) is 25.8 Å². The number of hydrogen-bond donors (Lipinski definition) is 2. The molecule has 0 aliphatic rings. The van der Waals surface area contributed by atoms with E-state index >= 15 is 0 Å². The predicted molar refractivity (Wildman–Crippen MR) is 131 cm³/mol. The van der Waals surface area contributed by atoms with Crippen LogP contribution < -0.4 is 15.2 Å². The van der Waals surface area contributed by atoms with E-state index in [0.29, 0.717) is 17.1 Å². The fourth-order valence-electron chi connectivity index (χ4n) is 3.58. The first-order chi connectivity index (χ1) is 16.6. The fourth-order valence-corrected chi connectivity index (χ4v) is 4.52. The Hall–Kier alpha value is -4.31. The van der Waals surface area contributed by atoms with Crippen LogP contribution in [0.1, 0.15) is 27.0 Å². The molecule has 35 heavy (non-hydrogen) atoms. The van der Waals surface area contributed by atoms with Crippen LogP contribution in [0.5, 0.6) is 11.6 Å². The SMILES string of the molecule is Cc1cc(C)c(Oc2nc(-c3ccccn3)ccc2C(=O)NS(=O)(=O)c2cccc(N)n2)c(C)c1. The Balaban J connectivity index is 1.76. The number of amides is 1. The van der Waals surface area contributed by atoms with Crippen molar-refractivity contribution in [1.82, 2.24) is 19.7 Å². The largest absolute Gasteiger partial charge is 0.438 e. The van der Waals surface area contributed by atoms with Gasteiger partial charge < -0.3 is 10.5 Å². The zero-order valence-corrected chi connectivity index (χ0v) is 20.1. The molecule has 0 bridgehead atoms. The predicted octanol–water partition coefficient (Wildman–Crippen LogP) is 3.96. The Kier molecular flexibility index (Phi) is 6.48. The van der Waals surface area contributed by atoms with E-state index in [0.717, 1.165) is 16.7 Å². The van der Waals surface area contributed by atoms with Gasteiger partial charge in [0.15, 0.2) is 5.03 Å². The van der Waals surface area contributed by atoms with Gasteiger partial charge in [0, 0.05) is 6.20 Å². The normalized spacial score (nSPS) is 11.2. The number of rotatable bonds is 6. The molecule has 4 aromatic rings. The number of nitrogens with two attached hydrogens (primary N) is 1. The number of sulfonamides is 1. The van der Waals surface area contributed by atoms with Gasteiger partial charge in [-0.1, -0.05) is 29.8 Å². The molecule has 1 amide bonds. The van der Waals surface area contributed by atoms with Crippen molar-refractivity contribution in [3.05, 3.63) is 89.1 Å². The van der Waals surface area contributed by atoms with Crippen LogP contribution in [0.25, 0.3) is 11.4 Å². The number of ether oxygens (including phenoxy) is 1. The van der Waals surface area contributed by atoms with E-state index in [1.54, 1.807) is 24.4 Å². The Labute approximate surface area is 203 Å². The van der Waals surface area contributed by atoms with Crippen LogP contribution in [-0.2, 0) is 10.0 Å². The number of benzene rings is 1. The summed E-state index contributed by atoms with van der Waals surface area (Å²) in [6.07, 6.45) is 1.62. The molecule has 0 saturated carbocycles. The third kappa shape index (κ3) is 5.28. The summed E-state index contributed by atoms with van der Waals surface area (Å²) in [6, 6.07) is 16.4. The topological polar surface area (TPSA) is 137 Å². The molecular weight excluding hydrogens is 466 g/mol. The highest BCUT2D eigenvalue weighted by atomic mass is 32.2. The van der Waals surface area contributed by atoms with Crippen LogP contribution in [-0.4, -0.2) is 29.3 Å². The van der Waals surface area contributed by atoms with E-state index in [1.807, 2.05) is 43.7 Å². The number of hydrogen-bond acceptors (Lipinski definition) is 8. The van der Waals surface area contributed by atoms with Crippen molar-refractivity contribution in [3.63, 3.8) is 0 Å². The maximum absolute atomic E-state index is 13.1. The van der Waals surface area contributed by atoms with E-state index < -0.39 is 15.9 Å². The molecule has 1 aromatic carbocycles. The van der Waals surface area contributed by atoms with E-state index in [9.17, 15) is 13.2 Å². The zero-order chi connectivity index (χ0) is 25.2. The summed E-state index contributed by atoms with van der Waals surface area (Å²) >= 11 is 0. The Morgan fingerprint density at radius 2 is 1.66 bits per heavy atom. The molecule has 0 radical (unpaired) electrons. The molecule has 3 aromatic heterocycles. The number of aromatic nitrogens is 3. The average molecular weight is 490 g/mol. The van der Waals surface area contributed by atoms with Crippen molar-refractivity contribution in [2.24, 2.45) is 0 Å². The minimum Gasteiger partial charge on any atom is -0.438 e. The molecule has 0 unspecified atom stereocenters. The van der Waals surface area contributed by atoms with Crippen LogP contribution >= 0.6 is 0 Å². The zero-order valence-electron chi connectivity index (χ0n) is 19.3. The monoisotopic (exact) mass is 489 g/mol. The summed E-state index contributed by atoms with van der Waals surface area (Å²) in [6.45, 7) is 5.74. The minimum absolute atomic E-state index is 0.0102. The summed E-state index contributed by atoms with van der Waals surface area (Å²) in [4.78, 5) is 25.7. The molecule has 178 valence electrons. The third-order valence-corrected chi connectivity index (χ3v) is 6.32. The van der Waals surface area contributed by atoms with Gasteiger partial charge in [-0.15, -0.1) is 0 Å². The lowest BCUT2D eigenvalue weighted by atomic mass is 10.1. The van der Waals surface area contributed by atoms with Crippen molar-refractivity contribution in [2.75, 3.05) is 5.73 Å². The smallest absolute Gasteiger partial charge is 0.281 e. The Morgan fingerprint density at radius 3 is 2.31 bits per heavy atom. The molecule has 0 fully saturated rings. The van der Waals surface area contributed by atoms with E-state index in [4.69, 9.17) is 10.5 Å². The van der Waals surface area contributed by atoms with Gasteiger partial charge in [-0.3, -0.25) is 9.78 Å². The van der Waals surface area contributed by atoms with Gasteiger partial charge in [-0.25, -0.2) is 14.7 Å². The second-order valence-corrected chi connectivity index (χ2v) is 9.56. The van der Waals surface area contributed by atoms with Gasteiger partial charge in [0.05, 0.1) is 11.4 Å². The van der Waals surface area contributed by atoms with Crippen molar-refractivity contribution >= 4 is 21.7 Å². The highest BCUT2D eigenvalue weighted by Crippen LogP contribution is 2.32. The van der Waals surface area contributed by atoms with Crippen molar-refractivity contribution in [1.29, 1.82) is 0 Å². The van der Waals surface area contributed by atoms with E-state index in [1.165, 1.54) is 24.3 Å². The van der Waals surface area contributed by atoms with Gasteiger partial charge in [0.25, 0.3) is 15.9 Å². The summed E-state index contributed by atoms with van der Waals surface area (Å²) in [5.41, 5.74) is 9.29. The van der Waals surface area contributed by atoms with Crippen LogP contribution in [0, 0.1) is 20.8 Å². The third-order valence-electron chi connectivity index (χ3n) is 5.08. The molecule has 0 saturated heterocycles. The number of carbonyl (C=O) groups is 1. The number of carbonyl (C=O) groups excluding carboxylic acids is 1. The average Bonchev–Trinajstić information content (AvgIpc) is 2.81. The van der Waals surface area contributed by atoms with Crippen LogP contribution in [0.4, 0.5) is 5.82 Å². The van der Waals surface area contributed by atoms with Crippen LogP contribution in [0.3, 0.4) is 0 Å². The molecule has 0 aliphatic heterocycles. The number of nitrogens with one attached hydrogen (secondary N) is 1. The summed E-state index contributed by atoms with van der Waals surface area (Å²) < 4.78 is 33.6. The quantitative estimate of drug-likeness (QED) is 0.415. The molecular formula is C25H23N5O4S. The van der Waals surface area contributed by atoms with Gasteiger partial charge in [-0.2, -0.15) is 8.42 Å². The molecule has 0 aliphatic carbocycles. The number of nitrogen functional groups attached to an aromatic ring is 1. The Bertz CT molecular complexity index is 1500. The molecule has 0 spiro atoms. The van der Waals surface area contributed by atoms with Crippen LogP contribution in [0.15, 0.2) is 71.9 Å². The fraction of sp³-hybridized carbons (Fsp3) is 0.120. The number of aryl methyl sites for hydroxylation is 3. The number of nitrogens with zero attached hydrogens (tertiary/aromatic N) is 3. The van der Waals surface area contributed by atoms with E-state index in [2.05, 4.69) is 15.0 Å². The van der Waals surface area contributed by atoms with Crippen molar-refractivity contribution < 1.29 is 17.9 Å². The van der Waals surface area contributed by atoms with E-state index in [-0.39, 0.29) is 22.3 Å². The first-order valence-corrected chi connectivity index (χ1v) is 12.1. The van der Waals surface area contributed by atoms with Gasteiger partial charge in [0.1, 0.15) is 17.1 Å². The number of anilines is 1.